The lowest BCUT2D eigenvalue weighted by atomic mass is 10.1. The summed E-state index contributed by atoms with van der Waals surface area (Å²) in [6.45, 7) is 4.14. The topological polar surface area (TPSA) is 108 Å². The number of allylic oxidation sites excluding steroid dienone is 28. The average molecular weight is 1130 g/mol. The zero-order valence-electron chi connectivity index (χ0n) is 51.0. The number of unbranched alkanes of at least 4 members (excludes halogenated alkanes) is 12. The molecule has 2 unspecified atom stereocenters. The van der Waals surface area contributed by atoms with Crippen molar-refractivity contribution in [2.75, 3.05) is 47.5 Å². The molecule has 0 spiro atoms. The highest BCUT2D eigenvalue weighted by Gasteiger charge is 2.27. The van der Waals surface area contributed by atoms with Crippen LogP contribution in [0.1, 0.15) is 206 Å². The van der Waals surface area contributed by atoms with Gasteiger partial charge in [-0.05, 0) is 128 Å². The van der Waals surface area contributed by atoms with E-state index in [1.165, 1.54) is 0 Å². The van der Waals surface area contributed by atoms with Crippen LogP contribution >= 0.6 is 7.82 Å². The maximum atomic E-state index is 12.8. The molecule has 0 rings (SSSR count). The van der Waals surface area contributed by atoms with Gasteiger partial charge in [-0.25, -0.2) is 4.57 Å². The maximum Gasteiger partial charge on any atom is 0.472 e. The largest absolute Gasteiger partial charge is 0.472 e. The van der Waals surface area contributed by atoms with Gasteiger partial charge in [-0.2, -0.15) is 0 Å². The Morgan fingerprint density at radius 1 is 0.388 bits per heavy atom. The summed E-state index contributed by atoms with van der Waals surface area (Å²) >= 11 is 0. The van der Waals surface area contributed by atoms with Crippen molar-refractivity contribution >= 4 is 19.8 Å². The molecule has 0 saturated carbocycles. The fourth-order valence-electron chi connectivity index (χ4n) is 7.56. The van der Waals surface area contributed by atoms with Gasteiger partial charge < -0.3 is 18.9 Å². The first-order chi connectivity index (χ1) is 39.0. The number of carbonyl (C=O) groups is 2. The Bertz CT molecular complexity index is 1950. The van der Waals surface area contributed by atoms with Crippen molar-refractivity contribution in [2.24, 2.45) is 0 Å². The number of quaternary nitrogens is 1. The maximum absolute atomic E-state index is 12.8. The van der Waals surface area contributed by atoms with E-state index in [1.807, 2.05) is 21.1 Å². The van der Waals surface area contributed by atoms with Crippen LogP contribution in [0.15, 0.2) is 170 Å². The Hall–Kier alpha value is -4.63. The van der Waals surface area contributed by atoms with E-state index < -0.39 is 32.5 Å². The number of hydrogen-bond donors (Lipinski definition) is 1. The van der Waals surface area contributed by atoms with E-state index in [0.29, 0.717) is 23.9 Å². The zero-order chi connectivity index (χ0) is 58.4. The fraction of sp³-hybridized carbons (Fsp3) is 0.571. The van der Waals surface area contributed by atoms with E-state index in [9.17, 15) is 19.0 Å². The molecule has 0 saturated heterocycles. The highest BCUT2D eigenvalue weighted by molar-refractivity contribution is 7.47. The molecule has 1 N–H and O–H groups in total. The van der Waals surface area contributed by atoms with Crippen LogP contribution in [-0.4, -0.2) is 74.9 Å². The quantitative estimate of drug-likeness (QED) is 0.0211. The van der Waals surface area contributed by atoms with Gasteiger partial charge in [0.05, 0.1) is 27.7 Å². The Morgan fingerprint density at radius 2 is 0.675 bits per heavy atom. The number of hydrogen-bond acceptors (Lipinski definition) is 7. The van der Waals surface area contributed by atoms with Gasteiger partial charge >= 0.3 is 19.8 Å². The molecule has 80 heavy (non-hydrogen) atoms. The third kappa shape index (κ3) is 62.6. The Labute approximate surface area is 489 Å². The van der Waals surface area contributed by atoms with E-state index in [2.05, 4.69) is 184 Å². The molecule has 0 fully saturated rings. The standard InChI is InChI=1S/C70H112NO8P/c1-6-8-10-12-14-16-18-20-22-24-26-28-30-32-33-34-35-36-37-39-41-43-45-47-49-51-53-55-57-59-61-63-70(73)79-68(67-78-80(74,75)77-65-64-71(3,4)5)66-76-69(72)62-60-58-56-54-52-50-48-46-44-42-40-38-31-29-27-25-23-21-19-17-15-13-11-9-7-2/h8-11,14-17,20-23,26-29,32-33,35-36,38-41,44-47,68H,6-7,12-13,18-19,24-25,30-31,34,37,42-43,48-67H2,1-5H3/p+1/b10-8-,11-9-,16-14-,17-15-,22-20-,23-21-,28-26-,29-27-,33-32-,36-35-,40-38-,41-39-,46-44-,47-45-. The lowest BCUT2D eigenvalue weighted by molar-refractivity contribution is -0.870. The van der Waals surface area contributed by atoms with Crippen LogP contribution in [0.25, 0.3) is 0 Å². The molecule has 450 valence electrons. The first kappa shape index (κ1) is 75.4. The van der Waals surface area contributed by atoms with Gasteiger partial charge in [-0.1, -0.05) is 235 Å². The second kappa shape index (κ2) is 59.0. The number of phosphoric ester groups is 1. The number of carbonyl (C=O) groups excluding carboxylic acids is 2. The first-order valence-corrected chi connectivity index (χ1v) is 32.4. The van der Waals surface area contributed by atoms with Crippen molar-refractivity contribution in [3.63, 3.8) is 0 Å². The van der Waals surface area contributed by atoms with Crippen molar-refractivity contribution in [3.05, 3.63) is 170 Å². The summed E-state index contributed by atoms with van der Waals surface area (Å²) < 4.78 is 34.6. The molecule has 0 aromatic rings. The second-order valence-electron chi connectivity index (χ2n) is 21.0. The number of rotatable bonds is 54. The van der Waals surface area contributed by atoms with Crippen molar-refractivity contribution in [1.82, 2.24) is 0 Å². The van der Waals surface area contributed by atoms with Crippen molar-refractivity contribution in [1.29, 1.82) is 0 Å². The summed E-state index contributed by atoms with van der Waals surface area (Å²) in [6.07, 6.45) is 89.9. The minimum atomic E-state index is -4.41. The van der Waals surface area contributed by atoms with Crippen molar-refractivity contribution in [2.45, 2.75) is 213 Å². The van der Waals surface area contributed by atoms with Crippen LogP contribution in [0.4, 0.5) is 0 Å². The SMILES string of the molecule is CC/C=C\C/C=C\C/C=C\C/C=C\C/C=C\C/C=C\C/C=C\C/C=C\CCCCCCCCC(=O)OC(COC(=O)CCCCCCCC/C=C\C/C=C\C/C=C\C/C=C\C/C=C\C/C=C\CC)COP(=O)(O)OCC[N+](C)(C)C. The summed E-state index contributed by atoms with van der Waals surface area (Å²) in [5.74, 6) is -0.846. The number of esters is 2. The lowest BCUT2D eigenvalue weighted by Crippen LogP contribution is -2.37. The van der Waals surface area contributed by atoms with Crippen LogP contribution in [0.3, 0.4) is 0 Å². The lowest BCUT2D eigenvalue weighted by Gasteiger charge is -2.24. The van der Waals surface area contributed by atoms with Crippen LogP contribution < -0.4 is 0 Å². The van der Waals surface area contributed by atoms with Gasteiger partial charge in [0.25, 0.3) is 0 Å². The molecule has 0 radical (unpaired) electrons. The van der Waals surface area contributed by atoms with E-state index >= 15 is 0 Å². The fourth-order valence-corrected chi connectivity index (χ4v) is 8.30. The van der Waals surface area contributed by atoms with Crippen LogP contribution in [0, 0.1) is 0 Å². The van der Waals surface area contributed by atoms with Crippen molar-refractivity contribution in [3.8, 4) is 0 Å². The summed E-state index contributed by atoms with van der Waals surface area (Å²) in [7, 11) is 1.43. The van der Waals surface area contributed by atoms with Gasteiger partial charge in [0.15, 0.2) is 6.10 Å². The normalized spacial score (nSPS) is 14.4. The molecule has 9 nitrogen and oxygen atoms in total. The van der Waals surface area contributed by atoms with E-state index in [1.54, 1.807) is 0 Å². The van der Waals surface area contributed by atoms with Crippen LogP contribution in [0.2, 0.25) is 0 Å². The molecular weight excluding hydrogens is 1010 g/mol. The molecule has 0 aliphatic heterocycles. The Balaban J connectivity index is 4.28. The molecule has 0 aromatic carbocycles. The van der Waals surface area contributed by atoms with E-state index in [4.69, 9.17) is 18.5 Å². The summed E-state index contributed by atoms with van der Waals surface area (Å²) in [5, 5.41) is 0. The molecule has 0 aliphatic rings. The summed E-state index contributed by atoms with van der Waals surface area (Å²) in [6, 6.07) is 0. The number of phosphoric acid groups is 1. The highest BCUT2D eigenvalue weighted by atomic mass is 31.2. The summed E-state index contributed by atoms with van der Waals surface area (Å²) in [4.78, 5) is 35.8. The van der Waals surface area contributed by atoms with Gasteiger partial charge in [0.2, 0.25) is 0 Å². The molecular formula is C70H113NO8P+. The first-order valence-electron chi connectivity index (χ1n) is 30.9. The molecule has 0 bridgehead atoms. The monoisotopic (exact) mass is 1130 g/mol. The second-order valence-corrected chi connectivity index (χ2v) is 22.4. The van der Waals surface area contributed by atoms with Gasteiger partial charge in [0, 0.05) is 12.8 Å². The number of ether oxygens (including phenoxy) is 2. The van der Waals surface area contributed by atoms with Crippen molar-refractivity contribution < 1.29 is 42.1 Å². The molecule has 2 atom stereocenters. The molecule has 0 aromatic heterocycles. The van der Waals surface area contributed by atoms with Gasteiger partial charge in [-0.3, -0.25) is 18.6 Å². The predicted molar refractivity (Wildman–Crippen MR) is 343 cm³/mol. The van der Waals surface area contributed by atoms with Crippen LogP contribution in [0.5, 0.6) is 0 Å². The smallest absolute Gasteiger partial charge is 0.462 e. The minimum absolute atomic E-state index is 0.0152. The van der Waals surface area contributed by atoms with E-state index in [-0.39, 0.29) is 26.1 Å². The van der Waals surface area contributed by atoms with Crippen LogP contribution in [-0.2, 0) is 32.7 Å². The predicted octanol–water partition coefficient (Wildman–Crippen LogP) is 19.8. The Kier molecular flexibility index (Phi) is 55.6. The number of likely N-dealkylation sites (N-methyl/N-ethyl adjacent to an activating group) is 1. The summed E-state index contributed by atoms with van der Waals surface area (Å²) in [5.41, 5.74) is 0. The third-order valence-corrected chi connectivity index (χ3v) is 13.2. The molecule has 0 heterocycles. The van der Waals surface area contributed by atoms with Gasteiger partial charge in [-0.15, -0.1) is 0 Å². The minimum Gasteiger partial charge on any atom is -0.462 e. The molecule has 0 aliphatic carbocycles. The molecule has 10 heteroatoms. The molecule has 0 amide bonds. The van der Waals surface area contributed by atoms with E-state index in [0.717, 1.165) is 167 Å². The Morgan fingerprint density at radius 3 is 1.00 bits per heavy atom. The highest BCUT2D eigenvalue weighted by Crippen LogP contribution is 2.43. The number of nitrogens with zero attached hydrogens (tertiary/aromatic N) is 1. The average Bonchev–Trinajstić information content (AvgIpc) is 3.42. The van der Waals surface area contributed by atoms with Gasteiger partial charge in [0.1, 0.15) is 19.8 Å². The zero-order valence-corrected chi connectivity index (χ0v) is 51.9. The third-order valence-electron chi connectivity index (χ3n) is 12.2.